The second-order valence-corrected chi connectivity index (χ2v) is 7.65. The molecule has 2 heterocycles. The van der Waals surface area contributed by atoms with Gasteiger partial charge in [0.1, 0.15) is 0 Å². The number of pyridine rings is 1. The fourth-order valence-corrected chi connectivity index (χ4v) is 3.91. The van der Waals surface area contributed by atoms with Crippen molar-refractivity contribution < 1.29 is 4.79 Å². The second-order valence-electron chi connectivity index (χ2n) is 5.93. The minimum Gasteiger partial charge on any atom is -0.337 e. The van der Waals surface area contributed by atoms with Gasteiger partial charge in [0.25, 0.3) is 0 Å². The van der Waals surface area contributed by atoms with E-state index in [9.17, 15) is 4.79 Å². The SMILES string of the molecule is O=C(Nc1ccccc1)N(Cc1ccncc1)c1ccc2[nH]c(=S)sc2c1. The van der Waals surface area contributed by atoms with Crippen LogP contribution in [0.1, 0.15) is 5.56 Å². The lowest BCUT2D eigenvalue weighted by Gasteiger charge is -2.23. The molecule has 2 aromatic heterocycles. The van der Waals surface area contributed by atoms with Gasteiger partial charge in [-0.3, -0.25) is 9.88 Å². The van der Waals surface area contributed by atoms with E-state index in [1.54, 1.807) is 17.3 Å². The fourth-order valence-electron chi connectivity index (χ4n) is 2.77. The zero-order valence-electron chi connectivity index (χ0n) is 14.3. The number of H-pyrrole nitrogens is 1. The third-order valence-corrected chi connectivity index (χ3v) is 5.27. The minimum absolute atomic E-state index is 0.198. The maximum Gasteiger partial charge on any atom is 0.326 e. The summed E-state index contributed by atoms with van der Waals surface area (Å²) < 4.78 is 1.74. The van der Waals surface area contributed by atoms with E-state index >= 15 is 0 Å². The first-order valence-corrected chi connectivity index (χ1v) is 9.57. The first-order valence-electron chi connectivity index (χ1n) is 8.34. The third-order valence-electron chi connectivity index (χ3n) is 4.08. The molecular formula is C20H16N4OS2. The smallest absolute Gasteiger partial charge is 0.326 e. The Balaban J connectivity index is 1.69. The van der Waals surface area contributed by atoms with Crippen molar-refractivity contribution in [2.45, 2.75) is 6.54 Å². The summed E-state index contributed by atoms with van der Waals surface area (Å²) in [7, 11) is 0. The molecule has 2 amide bonds. The van der Waals surface area contributed by atoms with Crippen LogP contribution in [-0.2, 0) is 6.54 Å². The molecule has 0 saturated heterocycles. The molecule has 4 rings (SSSR count). The number of carbonyl (C=O) groups is 1. The van der Waals surface area contributed by atoms with E-state index in [-0.39, 0.29) is 6.03 Å². The number of hydrogen-bond donors (Lipinski definition) is 2. The van der Waals surface area contributed by atoms with E-state index in [4.69, 9.17) is 12.2 Å². The molecule has 0 aliphatic carbocycles. The number of fused-ring (bicyclic) bond motifs is 1. The number of para-hydroxylation sites is 1. The summed E-state index contributed by atoms with van der Waals surface area (Å²) in [5.74, 6) is 0. The Kier molecular flexibility index (Phi) is 4.95. The van der Waals surface area contributed by atoms with Crippen molar-refractivity contribution in [3.05, 3.63) is 82.6 Å². The number of anilines is 2. The Morgan fingerprint density at radius 2 is 1.89 bits per heavy atom. The standard InChI is InChI=1S/C20H16N4OS2/c25-19(22-15-4-2-1-3-5-15)24(13-14-8-10-21-11-9-14)16-6-7-17-18(12-16)27-20(26)23-17/h1-12H,13H2,(H,22,25)(H,23,26). The van der Waals surface area contributed by atoms with Crippen molar-refractivity contribution >= 4 is 51.2 Å². The molecule has 0 aliphatic heterocycles. The number of urea groups is 1. The van der Waals surface area contributed by atoms with Crippen LogP contribution in [0.5, 0.6) is 0 Å². The maximum absolute atomic E-state index is 13.0. The van der Waals surface area contributed by atoms with Crippen molar-refractivity contribution in [1.82, 2.24) is 9.97 Å². The molecule has 4 aromatic rings. The zero-order chi connectivity index (χ0) is 18.6. The van der Waals surface area contributed by atoms with Gasteiger partial charge in [-0.05, 0) is 60.2 Å². The van der Waals surface area contributed by atoms with Gasteiger partial charge in [0.2, 0.25) is 0 Å². The number of benzene rings is 2. The number of thiazole rings is 1. The van der Waals surface area contributed by atoms with Gasteiger partial charge >= 0.3 is 6.03 Å². The average Bonchev–Trinajstić information content (AvgIpc) is 3.07. The lowest BCUT2D eigenvalue weighted by Crippen LogP contribution is -2.34. The van der Waals surface area contributed by atoms with Gasteiger partial charge in [-0.25, -0.2) is 4.79 Å². The van der Waals surface area contributed by atoms with Crippen molar-refractivity contribution in [3.8, 4) is 0 Å². The summed E-state index contributed by atoms with van der Waals surface area (Å²) in [4.78, 5) is 21.9. The topological polar surface area (TPSA) is 61.0 Å². The quantitative estimate of drug-likeness (QED) is 0.445. The lowest BCUT2D eigenvalue weighted by molar-refractivity contribution is 0.256. The summed E-state index contributed by atoms with van der Waals surface area (Å²) >= 11 is 6.72. The Bertz CT molecular complexity index is 1120. The number of nitrogens with one attached hydrogen (secondary N) is 2. The number of aromatic amines is 1. The average molecular weight is 393 g/mol. The largest absolute Gasteiger partial charge is 0.337 e. The van der Waals surface area contributed by atoms with Crippen LogP contribution in [0.3, 0.4) is 0 Å². The van der Waals surface area contributed by atoms with Crippen LogP contribution in [0.4, 0.5) is 16.2 Å². The molecule has 2 N–H and O–H groups in total. The maximum atomic E-state index is 13.0. The lowest BCUT2D eigenvalue weighted by atomic mass is 10.2. The number of amides is 2. The van der Waals surface area contributed by atoms with Crippen LogP contribution < -0.4 is 10.2 Å². The minimum atomic E-state index is -0.198. The van der Waals surface area contributed by atoms with Crippen LogP contribution in [0, 0.1) is 3.95 Å². The zero-order valence-corrected chi connectivity index (χ0v) is 15.9. The predicted octanol–water partition coefficient (Wildman–Crippen LogP) is 5.59. The molecule has 134 valence electrons. The van der Waals surface area contributed by atoms with Gasteiger partial charge in [-0.15, -0.1) is 11.3 Å². The Hall–Kier alpha value is -3.03. The normalized spacial score (nSPS) is 10.7. The van der Waals surface area contributed by atoms with Gasteiger partial charge in [0.15, 0.2) is 3.95 Å². The number of hydrogen-bond acceptors (Lipinski definition) is 4. The first kappa shape index (κ1) is 17.4. The molecule has 0 atom stereocenters. The summed E-state index contributed by atoms with van der Waals surface area (Å²) in [6, 6.07) is 18.9. The molecule has 0 bridgehead atoms. The van der Waals surface area contributed by atoms with E-state index in [2.05, 4.69) is 15.3 Å². The van der Waals surface area contributed by atoms with Gasteiger partial charge in [0, 0.05) is 23.8 Å². The molecule has 0 saturated carbocycles. The van der Waals surface area contributed by atoms with Crippen molar-refractivity contribution in [2.75, 3.05) is 10.2 Å². The van der Waals surface area contributed by atoms with Gasteiger partial charge in [-0.1, -0.05) is 18.2 Å². The molecule has 7 heteroatoms. The highest BCUT2D eigenvalue weighted by Gasteiger charge is 2.17. The molecule has 0 fully saturated rings. The van der Waals surface area contributed by atoms with Crippen LogP contribution in [-0.4, -0.2) is 16.0 Å². The number of aromatic nitrogens is 2. The van der Waals surface area contributed by atoms with Crippen LogP contribution >= 0.6 is 23.6 Å². The summed E-state index contributed by atoms with van der Waals surface area (Å²) in [6.45, 7) is 0.433. The van der Waals surface area contributed by atoms with E-state index in [1.165, 1.54) is 11.3 Å². The van der Waals surface area contributed by atoms with E-state index in [0.29, 0.717) is 6.54 Å². The highest BCUT2D eigenvalue weighted by molar-refractivity contribution is 7.73. The number of nitrogens with zero attached hydrogens (tertiary/aromatic N) is 2. The molecule has 0 unspecified atom stereocenters. The fraction of sp³-hybridized carbons (Fsp3) is 0.0500. The summed E-state index contributed by atoms with van der Waals surface area (Å²) in [6.07, 6.45) is 3.45. The molecule has 0 spiro atoms. The van der Waals surface area contributed by atoms with E-state index in [0.717, 1.165) is 31.1 Å². The molecular weight excluding hydrogens is 376 g/mol. The highest BCUT2D eigenvalue weighted by atomic mass is 32.1. The van der Waals surface area contributed by atoms with Crippen molar-refractivity contribution in [1.29, 1.82) is 0 Å². The Morgan fingerprint density at radius 1 is 1.11 bits per heavy atom. The monoisotopic (exact) mass is 392 g/mol. The van der Waals surface area contributed by atoms with E-state index < -0.39 is 0 Å². The van der Waals surface area contributed by atoms with Gasteiger partial charge in [0.05, 0.1) is 16.8 Å². The van der Waals surface area contributed by atoms with Crippen LogP contribution in [0.2, 0.25) is 0 Å². The predicted molar refractivity (Wildman–Crippen MR) is 113 cm³/mol. The second kappa shape index (κ2) is 7.69. The van der Waals surface area contributed by atoms with Crippen LogP contribution in [0.15, 0.2) is 73.1 Å². The first-order chi connectivity index (χ1) is 13.2. The van der Waals surface area contributed by atoms with Gasteiger partial charge < -0.3 is 10.3 Å². The Labute approximate surface area is 165 Å². The summed E-state index contributed by atoms with van der Waals surface area (Å²) in [5, 5.41) is 2.96. The Morgan fingerprint density at radius 3 is 2.67 bits per heavy atom. The van der Waals surface area contributed by atoms with Crippen LogP contribution in [0.25, 0.3) is 10.2 Å². The molecule has 2 aromatic carbocycles. The molecule has 27 heavy (non-hydrogen) atoms. The van der Waals surface area contributed by atoms with Crippen molar-refractivity contribution in [3.63, 3.8) is 0 Å². The third kappa shape index (κ3) is 4.05. The number of rotatable bonds is 4. The number of carbonyl (C=O) groups excluding carboxylic acids is 1. The van der Waals surface area contributed by atoms with Crippen molar-refractivity contribution in [2.24, 2.45) is 0 Å². The molecule has 0 aliphatic rings. The van der Waals surface area contributed by atoms with E-state index in [1.807, 2.05) is 60.7 Å². The summed E-state index contributed by atoms with van der Waals surface area (Å²) in [5.41, 5.74) is 3.52. The molecule has 0 radical (unpaired) electrons. The molecule has 5 nitrogen and oxygen atoms in total. The highest BCUT2D eigenvalue weighted by Crippen LogP contribution is 2.27. The van der Waals surface area contributed by atoms with Gasteiger partial charge in [-0.2, -0.15) is 0 Å².